The molecular weight excluding hydrogens is 470 g/mol. The number of hydrogen-bond donors (Lipinski definition) is 1. The number of fused-ring (bicyclic) bond motifs is 2. The first-order chi connectivity index (χ1) is 15.0. The molecule has 1 amide bonds. The van der Waals surface area contributed by atoms with Crippen LogP contribution in [0.5, 0.6) is 0 Å². The number of carbonyl (C=O) groups excluding carboxylic acids is 1. The third-order valence-corrected chi connectivity index (χ3v) is 6.76. The number of rotatable bonds is 3. The topological polar surface area (TPSA) is 54.9 Å². The number of nitrogens with one attached hydrogen (secondary N) is 1. The van der Waals surface area contributed by atoms with Crippen LogP contribution in [0.25, 0.3) is 32.4 Å². The molecule has 31 heavy (non-hydrogen) atoms. The minimum Gasteiger partial charge on any atom is -0.298 e. The van der Waals surface area contributed by atoms with Gasteiger partial charge in [0.1, 0.15) is 0 Å². The zero-order valence-electron chi connectivity index (χ0n) is 16.9. The van der Waals surface area contributed by atoms with Gasteiger partial charge in [0.15, 0.2) is 5.13 Å². The van der Waals surface area contributed by atoms with Crippen LogP contribution in [0.15, 0.2) is 71.2 Å². The summed E-state index contributed by atoms with van der Waals surface area (Å²) in [6.07, 6.45) is 0. The van der Waals surface area contributed by atoms with Crippen LogP contribution < -0.4 is 5.32 Å². The van der Waals surface area contributed by atoms with Gasteiger partial charge in [-0.2, -0.15) is 0 Å². The fourth-order valence-electron chi connectivity index (χ4n) is 3.53. The van der Waals surface area contributed by atoms with Crippen molar-refractivity contribution in [2.75, 3.05) is 5.32 Å². The molecule has 0 aliphatic heterocycles. The molecule has 0 spiro atoms. The van der Waals surface area contributed by atoms with Crippen molar-refractivity contribution in [2.24, 2.45) is 0 Å². The van der Waals surface area contributed by atoms with Gasteiger partial charge in [-0.05, 0) is 61.4 Å². The third kappa shape index (κ3) is 3.84. The lowest BCUT2D eigenvalue weighted by Gasteiger charge is -2.11. The number of halogens is 1. The molecule has 0 atom stereocenters. The average molecular weight is 488 g/mol. The molecule has 5 aromatic rings. The molecule has 0 saturated carbocycles. The molecule has 6 heteroatoms. The maximum Gasteiger partial charge on any atom is 0.258 e. The molecule has 2 aromatic heterocycles. The molecule has 0 aliphatic rings. The summed E-state index contributed by atoms with van der Waals surface area (Å²) in [5, 5.41) is 4.38. The van der Waals surface area contributed by atoms with Gasteiger partial charge in [0.2, 0.25) is 0 Å². The number of aryl methyl sites for hydroxylation is 2. The minimum atomic E-state index is -0.193. The van der Waals surface area contributed by atoms with E-state index in [1.807, 2.05) is 54.6 Å². The zero-order chi connectivity index (χ0) is 21.5. The number of benzene rings is 3. The maximum absolute atomic E-state index is 13.3. The SMILES string of the molecule is Cc1ccc(-c2cc(C(=O)Nc3nc4ccc(Br)cc4s3)c3ccccc3n2)cc1C. The van der Waals surface area contributed by atoms with E-state index in [-0.39, 0.29) is 5.91 Å². The summed E-state index contributed by atoms with van der Waals surface area (Å²) in [5.74, 6) is -0.193. The van der Waals surface area contributed by atoms with E-state index in [1.165, 1.54) is 22.5 Å². The summed E-state index contributed by atoms with van der Waals surface area (Å²) in [7, 11) is 0. The van der Waals surface area contributed by atoms with Gasteiger partial charge in [0.25, 0.3) is 5.91 Å². The first-order valence-electron chi connectivity index (χ1n) is 9.83. The van der Waals surface area contributed by atoms with E-state index in [0.717, 1.165) is 36.8 Å². The number of para-hydroxylation sites is 1. The number of aromatic nitrogens is 2. The molecule has 5 rings (SSSR count). The van der Waals surface area contributed by atoms with Crippen molar-refractivity contribution in [2.45, 2.75) is 13.8 Å². The molecule has 0 saturated heterocycles. The summed E-state index contributed by atoms with van der Waals surface area (Å²) in [6.45, 7) is 4.17. The molecule has 0 bridgehead atoms. The molecular formula is C25H18BrN3OS. The lowest BCUT2D eigenvalue weighted by molar-refractivity contribution is 0.102. The molecule has 0 radical (unpaired) electrons. The Morgan fingerprint density at radius 2 is 1.74 bits per heavy atom. The minimum absolute atomic E-state index is 0.193. The van der Waals surface area contributed by atoms with Gasteiger partial charge >= 0.3 is 0 Å². The standard InChI is InChI=1S/C25H18BrN3OS/c1-14-7-8-16(11-15(14)2)22-13-19(18-5-3-4-6-20(18)27-22)24(30)29-25-28-21-10-9-17(26)12-23(21)31-25/h3-13H,1-2H3,(H,28,29,30). The fourth-order valence-corrected chi connectivity index (χ4v) is 4.94. The van der Waals surface area contributed by atoms with Gasteiger partial charge in [-0.15, -0.1) is 0 Å². The largest absolute Gasteiger partial charge is 0.298 e. The monoisotopic (exact) mass is 487 g/mol. The third-order valence-electron chi connectivity index (χ3n) is 5.33. The van der Waals surface area contributed by atoms with E-state index in [9.17, 15) is 4.79 Å². The number of carbonyl (C=O) groups is 1. The van der Waals surface area contributed by atoms with E-state index in [2.05, 4.69) is 52.2 Å². The molecule has 0 fully saturated rings. The smallest absolute Gasteiger partial charge is 0.258 e. The van der Waals surface area contributed by atoms with E-state index < -0.39 is 0 Å². The van der Waals surface area contributed by atoms with Crippen LogP contribution in [0.3, 0.4) is 0 Å². The normalized spacial score (nSPS) is 11.2. The predicted molar refractivity (Wildman–Crippen MR) is 132 cm³/mol. The highest BCUT2D eigenvalue weighted by Crippen LogP contribution is 2.30. The highest BCUT2D eigenvalue weighted by atomic mass is 79.9. The maximum atomic E-state index is 13.3. The van der Waals surface area contributed by atoms with Crippen molar-refractivity contribution >= 4 is 59.4 Å². The Labute approximate surface area is 192 Å². The van der Waals surface area contributed by atoms with Gasteiger partial charge in [-0.3, -0.25) is 10.1 Å². The molecule has 4 nitrogen and oxygen atoms in total. The second-order valence-corrected chi connectivity index (χ2v) is 9.40. The van der Waals surface area contributed by atoms with Gasteiger partial charge in [-0.1, -0.05) is 57.6 Å². The molecule has 0 aliphatic carbocycles. The second-order valence-electron chi connectivity index (χ2n) is 7.46. The van der Waals surface area contributed by atoms with Crippen molar-refractivity contribution in [1.82, 2.24) is 9.97 Å². The Morgan fingerprint density at radius 3 is 2.58 bits per heavy atom. The van der Waals surface area contributed by atoms with Gasteiger partial charge < -0.3 is 0 Å². The Bertz CT molecular complexity index is 1470. The predicted octanol–water partition coefficient (Wildman–Crippen LogP) is 7.14. The average Bonchev–Trinajstić information content (AvgIpc) is 3.16. The number of amides is 1. The number of pyridine rings is 1. The molecule has 0 unspecified atom stereocenters. The van der Waals surface area contributed by atoms with Crippen LogP contribution in [0.4, 0.5) is 5.13 Å². The Kier molecular flexibility index (Phi) is 5.04. The van der Waals surface area contributed by atoms with Crippen molar-refractivity contribution < 1.29 is 4.79 Å². The fraction of sp³-hybridized carbons (Fsp3) is 0.0800. The van der Waals surface area contributed by atoms with Crippen molar-refractivity contribution in [3.8, 4) is 11.3 Å². The summed E-state index contributed by atoms with van der Waals surface area (Å²) in [4.78, 5) is 22.7. The molecule has 1 N–H and O–H groups in total. The summed E-state index contributed by atoms with van der Waals surface area (Å²) < 4.78 is 2.00. The Morgan fingerprint density at radius 1 is 0.903 bits per heavy atom. The van der Waals surface area contributed by atoms with Crippen LogP contribution in [0, 0.1) is 13.8 Å². The zero-order valence-corrected chi connectivity index (χ0v) is 19.3. The number of anilines is 1. The number of nitrogens with zero attached hydrogens (tertiary/aromatic N) is 2. The van der Waals surface area contributed by atoms with Crippen molar-refractivity contribution in [3.05, 3.63) is 87.9 Å². The van der Waals surface area contributed by atoms with E-state index in [0.29, 0.717) is 10.7 Å². The quantitative estimate of drug-likeness (QED) is 0.294. The lowest BCUT2D eigenvalue weighted by atomic mass is 10.0. The van der Waals surface area contributed by atoms with Gasteiger partial charge in [-0.25, -0.2) is 9.97 Å². The number of thiazole rings is 1. The van der Waals surface area contributed by atoms with Crippen LogP contribution in [-0.4, -0.2) is 15.9 Å². The molecule has 3 aromatic carbocycles. The van der Waals surface area contributed by atoms with E-state index in [4.69, 9.17) is 4.98 Å². The van der Waals surface area contributed by atoms with E-state index in [1.54, 1.807) is 0 Å². The molecule has 152 valence electrons. The Hall–Kier alpha value is -3.09. The highest BCUT2D eigenvalue weighted by molar-refractivity contribution is 9.10. The highest BCUT2D eigenvalue weighted by Gasteiger charge is 2.16. The summed E-state index contributed by atoms with van der Waals surface area (Å²) in [6, 6.07) is 21.7. The summed E-state index contributed by atoms with van der Waals surface area (Å²) >= 11 is 4.94. The van der Waals surface area contributed by atoms with Crippen LogP contribution in [0.1, 0.15) is 21.5 Å². The molecule has 2 heterocycles. The van der Waals surface area contributed by atoms with Crippen molar-refractivity contribution in [1.29, 1.82) is 0 Å². The van der Waals surface area contributed by atoms with Crippen LogP contribution in [0.2, 0.25) is 0 Å². The van der Waals surface area contributed by atoms with E-state index >= 15 is 0 Å². The van der Waals surface area contributed by atoms with Gasteiger partial charge in [0, 0.05) is 15.4 Å². The van der Waals surface area contributed by atoms with Crippen LogP contribution >= 0.6 is 27.3 Å². The number of hydrogen-bond acceptors (Lipinski definition) is 4. The second kappa shape index (κ2) is 7.87. The van der Waals surface area contributed by atoms with Crippen molar-refractivity contribution in [3.63, 3.8) is 0 Å². The first kappa shape index (κ1) is 19.8. The lowest BCUT2D eigenvalue weighted by Crippen LogP contribution is -2.13. The summed E-state index contributed by atoms with van der Waals surface area (Å²) in [5.41, 5.74) is 6.42. The first-order valence-corrected chi connectivity index (χ1v) is 11.4. The Balaban J connectivity index is 1.58. The van der Waals surface area contributed by atoms with Gasteiger partial charge in [0.05, 0.1) is 27.0 Å². The van der Waals surface area contributed by atoms with Crippen LogP contribution in [-0.2, 0) is 0 Å².